The molecule has 5 nitrogen and oxygen atoms in total. The Balaban J connectivity index is 1.82. The zero-order valence-electron chi connectivity index (χ0n) is 17.0. The Labute approximate surface area is 190 Å². The molecule has 0 spiro atoms. The van der Waals surface area contributed by atoms with Crippen LogP contribution in [0.5, 0.6) is 0 Å². The lowest BCUT2D eigenvalue weighted by Gasteiger charge is -2.27. The van der Waals surface area contributed by atoms with Crippen LogP contribution in [0.1, 0.15) is 51.1 Å². The molecule has 0 saturated heterocycles. The molecule has 0 N–H and O–H groups in total. The Kier molecular flexibility index (Phi) is 5.56. The van der Waals surface area contributed by atoms with Crippen LogP contribution in [-0.2, 0) is 5.41 Å². The second kappa shape index (κ2) is 7.88. The van der Waals surface area contributed by atoms with Gasteiger partial charge in [0.15, 0.2) is 6.04 Å². The second-order valence-electron chi connectivity index (χ2n) is 8.30. The molecule has 30 heavy (non-hydrogen) atoms. The Morgan fingerprint density at radius 3 is 2.20 bits per heavy atom. The van der Waals surface area contributed by atoms with Crippen LogP contribution in [0.4, 0.5) is 5.69 Å². The average Bonchev–Trinajstić information content (AvgIpc) is 3.28. The fourth-order valence-corrected chi connectivity index (χ4v) is 4.00. The number of halogens is 3. The molecule has 0 aliphatic carbocycles. The largest absolute Gasteiger partial charge is 0.422 e. The second-order valence-corrected chi connectivity index (χ2v) is 9.58. The van der Waals surface area contributed by atoms with Crippen LogP contribution in [0.2, 0.25) is 15.1 Å². The van der Waals surface area contributed by atoms with Gasteiger partial charge in [-0.2, -0.15) is 0 Å². The monoisotopic (exact) mass is 462 g/mol. The summed E-state index contributed by atoms with van der Waals surface area (Å²) in [6, 6.07) is 12.6. The summed E-state index contributed by atoms with van der Waals surface area (Å²) in [5.74, 6) is 1.77. The number of benzene rings is 2. The van der Waals surface area contributed by atoms with E-state index in [-0.39, 0.29) is 17.5 Å². The Hall–Kier alpha value is -2.08. The van der Waals surface area contributed by atoms with Gasteiger partial charge in [0.05, 0.1) is 11.1 Å². The van der Waals surface area contributed by atoms with Crippen molar-refractivity contribution in [3.8, 4) is 0 Å². The maximum Gasteiger partial charge on any atom is 0.243 e. The van der Waals surface area contributed by atoms with Gasteiger partial charge in [-0.15, -0.1) is 10.2 Å². The van der Waals surface area contributed by atoms with Gasteiger partial charge in [-0.25, -0.2) is 0 Å². The zero-order chi connectivity index (χ0) is 21.6. The first-order valence-electron chi connectivity index (χ1n) is 9.57. The molecule has 0 bridgehead atoms. The van der Waals surface area contributed by atoms with Crippen LogP contribution in [0.15, 0.2) is 51.9 Å². The van der Waals surface area contributed by atoms with E-state index < -0.39 is 0 Å². The lowest BCUT2D eigenvalue weighted by Crippen LogP contribution is -2.36. The van der Waals surface area contributed by atoms with E-state index in [1.54, 1.807) is 12.1 Å². The molecule has 1 aromatic heterocycles. The molecule has 8 heteroatoms. The predicted octanol–water partition coefficient (Wildman–Crippen LogP) is 6.72. The van der Waals surface area contributed by atoms with Crippen molar-refractivity contribution >= 4 is 46.3 Å². The Bertz CT molecular complexity index is 1100. The predicted molar refractivity (Wildman–Crippen MR) is 122 cm³/mol. The highest BCUT2D eigenvalue weighted by Crippen LogP contribution is 2.38. The minimum Gasteiger partial charge on any atom is -0.422 e. The molecule has 1 aliphatic rings. The van der Waals surface area contributed by atoms with Gasteiger partial charge in [-0.1, -0.05) is 55.6 Å². The van der Waals surface area contributed by atoms with Gasteiger partial charge in [0, 0.05) is 26.7 Å². The highest BCUT2D eigenvalue weighted by molar-refractivity contribution is 6.37. The van der Waals surface area contributed by atoms with Crippen LogP contribution < -0.4 is 4.90 Å². The van der Waals surface area contributed by atoms with Crippen LogP contribution in [0, 0.1) is 0 Å². The topological polar surface area (TPSA) is 54.5 Å². The number of rotatable bonds is 3. The van der Waals surface area contributed by atoms with Crippen LogP contribution in [-0.4, -0.2) is 22.1 Å². The van der Waals surface area contributed by atoms with Gasteiger partial charge < -0.3 is 9.32 Å². The molecule has 0 saturated carbocycles. The number of amidine groups is 1. The van der Waals surface area contributed by atoms with E-state index in [4.69, 9.17) is 44.2 Å². The molecule has 156 valence electrons. The highest BCUT2D eigenvalue weighted by atomic mass is 35.5. The van der Waals surface area contributed by atoms with Gasteiger partial charge in [0.1, 0.15) is 5.84 Å². The summed E-state index contributed by atoms with van der Waals surface area (Å²) in [7, 11) is 0. The van der Waals surface area contributed by atoms with Gasteiger partial charge in [0.2, 0.25) is 11.8 Å². The molecular formula is C22H21Cl3N4O. The van der Waals surface area contributed by atoms with Gasteiger partial charge in [-0.05, 0) is 49.4 Å². The van der Waals surface area contributed by atoms with Crippen molar-refractivity contribution in [2.45, 2.75) is 45.2 Å². The quantitative estimate of drug-likeness (QED) is 0.432. The minimum absolute atomic E-state index is 0.0822. The van der Waals surface area contributed by atoms with Gasteiger partial charge >= 0.3 is 0 Å². The van der Waals surface area contributed by atoms with Gasteiger partial charge in [-0.3, -0.25) is 4.99 Å². The summed E-state index contributed by atoms with van der Waals surface area (Å²) in [5.41, 5.74) is 1.48. The summed E-state index contributed by atoms with van der Waals surface area (Å²) in [4.78, 5) is 7.07. The first-order valence-corrected chi connectivity index (χ1v) is 10.7. The summed E-state index contributed by atoms with van der Waals surface area (Å²) >= 11 is 18.7. The maximum atomic E-state index is 6.53. The number of anilines is 1. The van der Waals surface area contributed by atoms with Crippen molar-refractivity contribution < 1.29 is 4.42 Å². The lowest BCUT2D eigenvalue weighted by atomic mass is 9.97. The van der Waals surface area contributed by atoms with Crippen LogP contribution >= 0.6 is 34.8 Å². The molecule has 2 aromatic carbocycles. The van der Waals surface area contributed by atoms with Crippen LogP contribution in [0.3, 0.4) is 0 Å². The van der Waals surface area contributed by atoms with Crippen molar-refractivity contribution in [2.75, 3.05) is 4.90 Å². The molecular weight excluding hydrogens is 443 g/mol. The smallest absolute Gasteiger partial charge is 0.243 e. The molecule has 4 rings (SSSR count). The fraction of sp³-hybridized carbons (Fsp3) is 0.318. The third-order valence-electron chi connectivity index (χ3n) is 4.97. The number of hydrogen-bond acceptors (Lipinski definition) is 5. The molecule has 0 radical (unpaired) electrons. The van der Waals surface area contributed by atoms with Crippen molar-refractivity contribution in [3.05, 3.63) is 74.9 Å². The summed E-state index contributed by atoms with van der Waals surface area (Å²) in [5, 5.41) is 10.3. The van der Waals surface area contributed by atoms with E-state index >= 15 is 0 Å². The van der Waals surface area contributed by atoms with E-state index in [1.165, 1.54) is 0 Å². The van der Waals surface area contributed by atoms with Crippen molar-refractivity contribution in [3.63, 3.8) is 0 Å². The third kappa shape index (κ3) is 3.94. The molecule has 2 unspecified atom stereocenters. The number of aromatic nitrogens is 2. The summed E-state index contributed by atoms with van der Waals surface area (Å²) in [6.45, 7) is 8.17. The van der Waals surface area contributed by atoms with Crippen molar-refractivity contribution in [1.82, 2.24) is 10.2 Å². The number of aliphatic imine (C=N–C) groups is 1. The molecule has 0 amide bonds. The number of hydrogen-bond donors (Lipinski definition) is 0. The lowest BCUT2D eigenvalue weighted by molar-refractivity contribution is 0.351. The summed E-state index contributed by atoms with van der Waals surface area (Å²) < 4.78 is 6.01. The van der Waals surface area contributed by atoms with E-state index in [9.17, 15) is 0 Å². The minimum atomic E-state index is -0.342. The highest BCUT2D eigenvalue weighted by Gasteiger charge is 2.39. The van der Waals surface area contributed by atoms with E-state index in [2.05, 4.69) is 22.0 Å². The Morgan fingerprint density at radius 2 is 1.60 bits per heavy atom. The van der Waals surface area contributed by atoms with Crippen molar-refractivity contribution in [1.29, 1.82) is 0 Å². The SMILES string of the molecule is CC1C(c2nnc(C(C)(C)C)o2)N=C(c2ccc(Cl)cc2Cl)N1c1ccc(Cl)cc1. The normalized spacial score (nSPS) is 19.3. The molecule has 2 atom stereocenters. The third-order valence-corrected chi connectivity index (χ3v) is 5.77. The molecule has 2 heterocycles. The first-order chi connectivity index (χ1) is 14.1. The average molecular weight is 464 g/mol. The van der Waals surface area contributed by atoms with Crippen LogP contribution in [0.25, 0.3) is 0 Å². The molecule has 0 fully saturated rings. The van der Waals surface area contributed by atoms with E-state index in [0.29, 0.717) is 32.7 Å². The first kappa shape index (κ1) is 21.2. The van der Waals surface area contributed by atoms with E-state index in [1.807, 2.05) is 51.1 Å². The summed E-state index contributed by atoms with van der Waals surface area (Å²) in [6.07, 6.45) is 0. The standard InChI is InChI=1S/C22H21Cl3N4O/c1-12-18(20-27-28-21(30-20)22(2,3)4)26-19(16-10-7-14(24)11-17(16)25)29(12)15-8-5-13(23)6-9-15/h5-12,18H,1-4H3. The number of nitrogens with zero attached hydrogens (tertiary/aromatic N) is 4. The zero-order valence-corrected chi connectivity index (χ0v) is 19.3. The maximum absolute atomic E-state index is 6.53. The Morgan fingerprint density at radius 1 is 0.933 bits per heavy atom. The van der Waals surface area contributed by atoms with Crippen molar-refractivity contribution in [2.24, 2.45) is 4.99 Å². The molecule has 3 aromatic rings. The van der Waals surface area contributed by atoms with E-state index in [0.717, 1.165) is 11.3 Å². The fourth-order valence-electron chi connectivity index (χ4n) is 3.38. The van der Waals surface area contributed by atoms with Gasteiger partial charge in [0.25, 0.3) is 0 Å². The molecule has 1 aliphatic heterocycles.